The summed E-state index contributed by atoms with van der Waals surface area (Å²) in [6.07, 6.45) is 3.95. The highest BCUT2D eigenvalue weighted by molar-refractivity contribution is 7.90. The maximum absolute atomic E-state index is 14.0. The maximum atomic E-state index is 14.0. The molecule has 0 aliphatic heterocycles. The Morgan fingerprint density at radius 2 is 1.47 bits per heavy atom. The lowest BCUT2D eigenvalue weighted by molar-refractivity contribution is 0.547. The Bertz CT molecular complexity index is 2410. The second-order valence-electron chi connectivity index (χ2n) is 10.9. The Morgan fingerprint density at radius 3 is 2.24 bits per heavy atom. The average molecular weight is 675 g/mol. The molecule has 7 rings (SSSR count). The van der Waals surface area contributed by atoms with Gasteiger partial charge in [-0.15, -0.1) is 22.7 Å². The number of nitrogens with two attached hydrogens (primary N) is 1. The molecular formula is C33H30N4O4S4. The monoisotopic (exact) mass is 674 g/mol. The Balaban J connectivity index is 1.17. The molecule has 0 radical (unpaired) electrons. The molecule has 3 aromatic carbocycles. The van der Waals surface area contributed by atoms with Gasteiger partial charge < -0.3 is 11.1 Å². The molecular weight excluding hydrogens is 645 g/mol. The molecule has 45 heavy (non-hydrogen) atoms. The van der Waals surface area contributed by atoms with Crippen molar-refractivity contribution in [2.75, 3.05) is 13.1 Å². The number of nitrogens with zero attached hydrogens (tertiary/aromatic N) is 2. The Morgan fingerprint density at radius 1 is 0.778 bits per heavy atom. The molecule has 1 unspecified atom stereocenters. The number of aromatic nitrogens is 2. The Kier molecular flexibility index (Phi) is 7.67. The molecule has 0 saturated heterocycles. The predicted molar refractivity (Wildman–Crippen MR) is 183 cm³/mol. The van der Waals surface area contributed by atoms with Crippen LogP contribution in [-0.4, -0.2) is 37.9 Å². The highest BCUT2D eigenvalue weighted by Crippen LogP contribution is 2.35. The van der Waals surface area contributed by atoms with Crippen LogP contribution in [0.2, 0.25) is 0 Å². The van der Waals surface area contributed by atoms with E-state index < -0.39 is 20.0 Å². The first-order chi connectivity index (χ1) is 21.7. The number of benzene rings is 3. The quantitative estimate of drug-likeness (QED) is 0.172. The number of fused-ring (bicyclic) bond motifs is 3. The molecule has 0 aliphatic rings. The van der Waals surface area contributed by atoms with Crippen LogP contribution in [0.1, 0.15) is 22.7 Å². The lowest BCUT2D eigenvalue weighted by Gasteiger charge is -2.16. The van der Waals surface area contributed by atoms with E-state index in [1.54, 1.807) is 42.7 Å². The SMILES string of the molecule is Cc1cccc(S(=O)(=O)n2cc(C(CN)NCCc3cn(S(=O)(=O)c4cccc5ccccc45)c4sccc34)c3ccsc32)c1. The molecule has 0 amide bonds. The van der Waals surface area contributed by atoms with Crippen LogP contribution in [0, 0.1) is 6.92 Å². The van der Waals surface area contributed by atoms with Gasteiger partial charge in [-0.25, -0.2) is 24.8 Å². The topological polar surface area (TPSA) is 116 Å². The van der Waals surface area contributed by atoms with Crippen LogP contribution in [0.3, 0.4) is 0 Å². The second-order valence-corrected chi connectivity index (χ2v) is 16.3. The van der Waals surface area contributed by atoms with Gasteiger partial charge in [-0.05, 0) is 83.1 Å². The summed E-state index contributed by atoms with van der Waals surface area (Å²) in [6, 6.07) is 23.3. The molecule has 0 bridgehead atoms. The minimum atomic E-state index is -3.86. The molecule has 8 nitrogen and oxygen atoms in total. The van der Waals surface area contributed by atoms with E-state index in [4.69, 9.17) is 5.73 Å². The molecule has 4 aromatic heterocycles. The van der Waals surface area contributed by atoms with E-state index in [2.05, 4.69) is 5.32 Å². The predicted octanol–water partition coefficient (Wildman–Crippen LogP) is 6.49. The van der Waals surface area contributed by atoms with Crippen molar-refractivity contribution in [2.24, 2.45) is 5.73 Å². The van der Waals surface area contributed by atoms with E-state index in [-0.39, 0.29) is 22.4 Å². The molecule has 0 aliphatic carbocycles. The molecule has 0 fully saturated rings. The van der Waals surface area contributed by atoms with Crippen molar-refractivity contribution in [1.82, 2.24) is 13.3 Å². The number of hydrogen-bond acceptors (Lipinski definition) is 8. The minimum Gasteiger partial charge on any atom is -0.329 e. The van der Waals surface area contributed by atoms with E-state index >= 15 is 0 Å². The third-order valence-corrected chi connectivity index (χ3v) is 13.5. The summed E-state index contributed by atoms with van der Waals surface area (Å²) in [7, 11) is -7.67. The van der Waals surface area contributed by atoms with Gasteiger partial charge in [-0.2, -0.15) is 0 Å². The van der Waals surface area contributed by atoms with Crippen molar-refractivity contribution in [1.29, 1.82) is 0 Å². The van der Waals surface area contributed by atoms with E-state index in [0.717, 1.165) is 32.8 Å². The highest BCUT2D eigenvalue weighted by Gasteiger charge is 2.26. The first kappa shape index (κ1) is 29.9. The number of hydrogen-bond donors (Lipinski definition) is 2. The van der Waals surface area contributed by atoms with Crippen LogP contribution in [-0.2, 0) is 26.5 Å². The van der Waals surface area contributed by atoms with Crippen LogP contribution >= 0.6 is 22.7 Å². The van der Waals surface area contributed by atoms with Crippen LogP contribution in [0.25, 0.3) is 31.2 Å². The fourth-order valence-corrected chi connectivity index (χ4v) is 11.2. The minimum absolute atomic E-state index is 0.236. The van der Waals surface area contributed by atoms with Crippen molar-refractivity contribution in [3.8, 4) is 0 Å². The third-order valence-electron chi connectivity index (χ3n) is 8.11. The summed E-state index contributed by atoms with van der Waals surface area (Å²) in [5.74, 6) is 0. The van der Waals surface area contributed by atoms with Gasteiger partial charge in [0.15, 0.2) is 0 Å². The molecule has 3 N–H and O–H groups in total. The highest BCUT2D eigenvalue weighted by atomic mass is 32.2. The van der Waals surface area contributed by atoms with E-state index in [9.17, 15) is 16.8 Å². The van der Waals surface area contributed by atoms with Crippen LogP contribution in [0.5, 0.6) is 0 Å². The summed E-state index contributed by atoms with van der Waals surface area (Å²) in [5, 5.41) is 10.6. The number of nitrogens with one attached hydrogen (secondary N) is 1. The number of aryl methyl sites for hydroxylation is 1. The van der Waals surface area contributed by atoms with Gasteiger partial charge in [0.2, 0.25) is 0 Å². The molecule has 7 aromatic rings. The Labute approximate surface area is 269 Å². The third kappa shape index (κ3) is 5.11. The number of rotatable bonds is 10. The molecule has 12 heteroatoms. The summed E-state index contributed by atoms with van der Waals surface area (Å²) in [5.41, 5.74) is 8.81. The zero-order valence-electron chi connectivity index (χ0n) is 24.3. The van der Waals surface area contributed by atoms with E-state index in [0.29, 0.717) is 28.0 Å². The van der Waals surface area contributed by atoms with Gasteiger partial charge >= 0.3 is 0 Å². The molecule has 0 saturated carbocycles. The number of thiophene rings is 2. The van der Waals surface area contributed by atoms with Gasteiger partial charge in [-0.3, -0.25) is 0 Å². The standard InChI is InChI=1S/C33H30N4O4S4/c1-22-6-4-9-25(18-22)44(38,39)37-21-29(28-14-17-43-33(28)37)30(19-34)35-15-12-24-20-36(32-27(24)13-16-42-32)45(40,41)31-11-5-8-23-7-2-3-10-26(23)31/h2-11,13-14,16-18,20-21,30,35H,12,15,19,34H2,1H3. The maximum Gasteiger partial charge on any atom is 0.269 e. The summed E-state index contributed by atoms with van der Waals surface area (Å²) in [4.78, 5) is 1.82. The normalized spacial score (nSPS) is 13.3. The van der Waals surface area contributed by atoms with Crippen molar-refractivity contribution in [2.45, 2.75) is 29.2 Å². The van der Waals surface area contributed by atoms with Crippen molar-refractivity contribution >= 4 is 73.9 Å². The van der Waals surface area contributed by atoms with Crippen molar-refractivity contribution in [3.63, 3.8) is 0 Å². The van der Waals surface area contributed by atoms with Crippen LogP contribution < -0.4 is 11.1 Å². The van der Waals surface area contributed by atoms with Gasteiger partial charge in [-0.1, -0.05) is 48.5 Å². The largest absolute Gasteiger partial charge is 0.329 e. The second kappa shape index (κ2) is 11.5. The van der Waals surface area contributed by atoms with Gasteiger partial charge in [0.1, 0.15) is 9.66 Å². The van der Waals surface area contributed by atoms with Gasteiger partial charge in [0.05, 0.1) is 9.79 Å². The lowest BCUT2D eigenvalue weighted by Crippen LogP contribution is -2.29. The summed E-state index contributed by atoms with van der Waals surface area (Å²) < 4.78 is 58.0. The van der Waals surface area contributed by atoms with Gasteiger partial charge in [0, 0.05) is 41.1 Å². The zero-order valence-corrected chi connectivity index (χ0v) is 27.5. The lowest BCUT2D eigenvalue weighted by atomic mass is 10.1. The Hall–Kier alpha value is -3.78. The van der Waals surface area contributed by atoms with Crippen molar-refractivity contribution < 1.29 is 16.8 Å². The molecule has 4 heterocycles. The fourth-order valence-electron chi connectivity index (χ4n) is 5.88. The van der Waals surface area contributed by atoms with E-state index in [1.165, 1.54) is 30.6 Å². The summed E-state index contributed by atoms with van der Waals surface area (Å²) >= 11 is 2.77. The molecule has 230 valence electrons. The fraction of sp³-hybridized carbons (Fsp3) is 0.152. The van der Waals surface area contributed by atoms with E-state index in [1.807, 2.05) is 66.2 Å². The van der Waals surface area contributed by atoms with Crippen LogP contribution in [0.4, 0.5) is 0 Å². The van der Waals surface area contributed by atoms with Gasteiger partial charge in [0.25, 0.3) is 20.0 Å². The average Bonchev–Trinajstić information content (AvgIpc) is 3.82. The first-order valence-corrected chi connectivity index (χ1v) is 19.0. The first-order valence-electron chi connectivity index (χ1n) is 14.3. The molecule has 1 atom stereocenters. The zero-order chi connectivity index (χ0) is 31.3. The molecule has 0 spiro atoms. The van der Waals surface area contributed by atoms with Crippen molar-refractivity contribution in [3.05, 3.63) is 119 Å². The van der Waals surface area contributed by atoms with Crippen LogP contribution in [0.15, 0.2) is 112 Å². The summed E-state index contributed by atoms with van der Waals surface area (Å²) in [6.45, 7) is 2.63. The smallest absolute Gasteiger partial charge is 0.269 e.